The quantitative estimate of drug-likeness (QED) is 0.744. The molecule has 1 N–H and O–H groups in total. The van der Waals surface area contributed by atoms with E-state index in [9.17, 15) is 4.79 Å². The van der Waals surface area contributed by atoms with Crippen molar-refractivity contribution in [1.82, 2.24) is 4.90 Å². The highest BCUT2D eigenvalue weighted by atomic mass is 32.2. The van der Waals surface area contributed by atoms with E-state index in [0.29, 0.717) is 0 Å². The first-order valence-electron chi connectivity index (χ1n) is 8.93. The number of hydrogen-bond acceptors (Lipinski definition) is 3. The lowest BCUT2D eigenvalue weighted by atomic mass is 10.1. The van der Waals surface area contributed by atoms with E-state index in [1.54, 1.807) is 0 Å². The summed E-state index contributed by atoms with van der Waals surface area (Å²) in [6.45, 7) is 6.02. The van der Waals surface area contributed by atoms with E-state index < -0.39 is 0 Å². The number of nitrogens with zero attached hydrogens (tertiary/aromatic N) is 1. The largest absolute Gasteiger partial charge is 0.357 e. The average molecular weight is 385 g/mol. The first-order valence-corrected chi connectivity index (χ1v) is 10.2. The van der Waals surface area contributed by atoms with Crippen molar-refractivity contribution in [3.05, 3.63) is 65.2 Å². The molecule has 0 unspecified atom stereocenters. The van der Waals surface area contributed by atoms with Crippen LogP contribution in [0.5, 0.6) is 0 Å². The van der Waals surface area contributed by atoms with Gasteiger partial charge in [0, 0.05) is 18.8 Å². The molecule has 2 aromatic carbocycles. The lowest BCUT2D eigenvalue weighted by Crippen LogP contribution is -2.27. The average Bonchev–Trinajstić information content (AvgIpc) is 3.18. The van der Waals surface area contributed by atoms with E-state index in [4.69, 9.17) is 12.2 Å². The highest BCUT2D eigenvalue weighted by molar-refractivity contribution is 8.23. The van der Waals surface area contributed by atoms with E-state index in [1.807, 2.05) is 56.3 Å². The van der Waals surface area contributed by atoms with Gasteiger partial charge in [-0.25, -0.2) is 0 Å². The van der Waals surface area contributed by atoms with Crippen LogP contribution in [-0.2, 0) is 4.79 Å². The third-order valence-electron chi connectivity index (χ3n) is 4.57. The highest BCUT2D eigenvalue weighted by Gasteiger charge is 2.26. The summed E-state index contributed by atoms with van der Waals surface area (Å²) in [5, 5.41) is 2.75. The van der Waals surface area contributed by atoms with Crippen LogP contribution in [0, 0.1) is 13.8 Å². The number of benzene rings is 2. The Morgan fingerprint density at radius 3 is 2.50 bits per heavy atom. The summed E-state index contributed by atoms with van der Waals surface area (Å²) in [4.78, 5) is 15.3. The summed E-state index contributed by atoms with van der Waals surface area (Å²) in [5.41, 5.74) is 4.02. The van der Waals surface area contributed by atoms with Gasteiger partial charge in [-0.2, -0.15) is 0 Å². The molecule has 0 aromatic heterocycles. The standard InChI is InChI=1S/C21H24N2OS2/c1-15-10-11-16(2)18(14-15)22-20(24)19(17-8-4-3-5-9-17)26-21(25)23-12-6-7-13-23/h3-5,8-11,14,19H,6-7,12-13H2,1-2H3,(H,22,24)/t19-/m0/s1. The number of thioether (sulfide) groups is 1. The van der Waals surface area contributed by atoms with Gasteiger partial charge < -0.3 is 10.2 Å². The Morgan fingerprint density at radius 2 is 1.81 bits per heavy atom. The minimum Gasteiger partial charge on any atom is -0.357 e. The van der Waals surface area contributed by atoms with Gasteiger partial charge in [0.05, 0.1) is 0 Å². The van der Waals surface area contributed by atoms with E-state index in [-0.39, 0.29) is 11.2 Å². The molecule has 136 valence electrons. The summed E-state index contributed by atoms with van der Waals surface area (Å²) in [6.07, 6.45) is 2.34. The molecule has 2 aromatic rings. The number of likely N-dealkylation sites (tertiary alicyclic amines) is 1. The Kier molecular flexibility index (Phi) is 6.33. The second-order valence-electron chi connectivity index (χ2n) is 6.68. The number of hydrogen-bond donors (Lipinski definition) is 1. The van der Waals surface area contributed by atoms with E-state index in [1.165, 1.54) is 24.6 Å². The molecule has 3 rings (SSSR count). The lowest BCUT2D eigenvalue weighted by Gasteiger charge is -2.23. The first kappa shape index (κ1) is 18.9. The number of amides is 1. The Hall–Kier alpha value is -1.85. The fraction of sp³-hybridized carbons (Fsp3) is 0.333. The molecule has 1 aliphatic rings. The van der Waals surface area contributed by atoms with E-state index in [2.05, 4.69) is 16.3 Å². The maximum atomic E-state index is 13.1. The maximum absolute atomic E-state index is 13.1. The number of rotatable bonds is 4. The highest BCUT2D eigenvalue weighted by Crippen LogP contribution is 2.33. The molecule has 0 aliphatic carbocycles. The van der Waals surface area contributed by atoms with Crippen LogP contribution in [0.1, 0.15) is 34.8 Å². The Balaban J connectivity index is 1.81. The normalized spacial score (nSPS) is 14.9. The molecule has 26 heavy (non-hydrogen) atoms. The zero-order chi connectivity index (χ0) is 18.5. The predicted molar refractivity (Wildman–Crippen MR) is 115 cm³/mol. The Bertz CT molecular complexity index is 786. The Morgan fingerprint density at radius 1 is 1.12 bits per heavy atom. The van der Waals surface area contributed by atoms with Gasteiger partial charge in [0.2, 0.25) is 5.91 Å². The smallest absolute Gasteiger partial charge is 0.242 e. The van der Waals surface area contributed by atoms with Gasteiger partial charge in [-0.1, -0.05) is 66.4 Å². The van der Waals surface area contributed by atoms with Gasteiger partial charge in [0.1, 0.15) is 9.57 Å². The monoisotopic (exact) mass is 384 g/mol. The Labute approximate surface area is 165 Å². The van der Waals surface area contributed by atoms with Crippen molar-refractivity contribution in [2.75, 3.05) is 18.4 Å². The van der Waals surface area contributed by atoms with Gasteiger partial charge in [-0.3, -0.25) is 4.79 Å². The van der Waals surface area contributed by atoms with Crippen LogP contribution in [-0.4, -0.2) is 28.2 Å². The summed E-state index contributed by atoms with van der Waals surface area (Å²) >= 11 is 7.11. The first-order chi connectivity index (χ1) is 12.5. The van der Waals surface area contributed by atoms with Gasteiger partial charge >= 0.3 is 0 Å². The predicted octanol–water partition coefficient (Wildman–Crippen LogP) is 5.10. The van der Waals surface area contributed by atoms with Crippen molar-refractivity contribution in [2.24, 2.45) is 0 Å². The number of thiocarbonyl (C=S) groups is 1. The molecule has 1 fully saturated rings. The number of carbonyl (C=O) groups is 1. The number of nitrogens with one attached hydrogen (secondary N) is 1. The van der Waals surface area contributed by atoms with Crippen molar-refractivity contribution in [3.63, 3.8) is 0 Å². The zero-order valence-corrected chi connectivity index (χ0v) is 16.8. The minimum absolute atomic E-state index is 0.0311. The van der Waals surface area contributed by atoms with Crippen molar-refractivity contribution in [1.29, 1.82) is 0 Å². The molecule has 1 amide bonds. The van der Waals surface area contributed by atoms with Crippen LogP contribution >= 0.6 is 24.0 Å². The molecule has 0 bridgehead atoms. The van der Waals surface area contributed by atoms with Crippen LogP contribution in [0.4, 0.5) is 5.69 Å². The van der Waals surface area contributed by atoms with E-state index in [0.717, 1.165) is 39.8 Å². The van der Waals surface area contributed by atoms with Crippen LogP contribution in [0.2, 0.25) is 0 Å². The maximum Gasteiger partial charge on any atom is 0.242 e. The van der Waals surface area contributed by atoms with Crippen molar-refractivity contribution < 1.29 is 4.79 Å². The SMILES string of the molecule is Cc1ccc(C)c(NC(=O)[C@@H](SC(=S)N2CCCC2)c2ccccc2)c1. The molecule has 0 saturated carbocycles. The summed E-state index contributed by atoms with van der Waals surface area (Å²) < 4.78 is 0.812. The zero-order valence-electron chi connectivity index (χ0n) is 15.2. The van der Waals surface area contributed by atoms with Gasteiger partial charge in [-0.15, -0.1) is 0 Å². The molecule has 3 nitrogen and oxygen atoms in total. The molecule has 0 spiro atoms. The lowest BCUT2D eigenvalue weighted by molar-refractivity contribution is -0.115. The molecule has 1 aliphatic heterocycles. The van der Waals surface area contributed by atoms with Crippen molar-refractivity contribution >= 4 is 39.9 Å². The van der Waals surface area contributed by atoms with Gasteiger partial charge in [0.15, 0.2) is 0 Å². The summed E-state index contributed by atoms with van der Waals surface area (Å²) in [6, 6.07) is 16.0. The fourth-order valence-electron chi connectivity index (χ4n) is 3.04. The van der Waals surface area contributed by atoms with Crippen LogP contribution in [0.25, 0.3) is 0 Å². The summed E-state index contributed by atoms with van der Waals surface area (Å²) in [5.74, 6) is -0.0311. The second-order valence-corrected chi connectivity index (χ2v) is 8.42. The topological polar surface area (TPSA) is 32.3 Å². The second kappa shape index (κ2) is 8.69. The minimum atomic E-state index is -0.357. The molecule has 1 saturated heterocycles. The van der Waals surface area contributed by atoms with Crippen molar-refractivity contribution in [3.8, 4) is 0 Å². The van der Waals surface area contributed by atoms with Crippen LogP contribution in [0.3, 0.4) is 0 Å². The molecule has 1 atom stereocenters. The van der Waals surface area contributed by atoms with Gasteiger partial charge in [-0.05, 0) is 49.4 Å². The third-order valence-corrected chi connectivity index (χ3v) is 6.30. The number of carbonyl (C=O) groups excluding carboxylic acids is 1. The third kappa shape index (κ3) is 4.65. The fourth-order valence-corrected chi connectivity index (χ4v) is 4.51. The van der Waals surface area contributed by atoms with Crippen LogP contribution in [0.15, 0.2) is 48.5 Å². The number of aryl methyl sites for hydroxylation is 2. The van der Waals surface area contributed by atoms with Crippen molar-refractivity contribution in [2.45, 2.75) is 31.9 Å². The van der Waals surface area contributed by atoms with E-state index >= 15 is 0 Å². The van der Waals surface area contributed by atoms with Crippen LogP contribution < -0.4 is 5.32 Å². The molecule has 1 heterocycles. The van der Waals surface area contributed by atoms with Gasteiger partial charge in [0.25, 0.3) is 0 Å². The molecular weight excluding hydrogens is 360 g/mol. The number of anilines is 1. The molecular formula is C21H24N2OS2. The summed E-state index contributed by atoms with van der Waals surface area (Å²) in [7, 11) is 0. The molecule has 0 radical (unpaired) electrons. The molecule has 5 heteroatoms.